The lowest BCUT2D eigenvalue weighted by molar-refractivity contribution is 0.0955. The van der Waals surface area contributed by atoms with Gasteiger partial charge in [-0.15, -0.1) is 0 Å². The number of hydrazone groups is 1. The Morgan fingerprint density at radius 1 is 1.20 bits per heavy atom. The molecule has 3 rings (SSSR count). The van der Waals surface area contributed by atoms with Gasteiger partial charge in [0.15, 0.2) is 11.5 Å². The lowest BCUT2D eigenvalue weighted by atomic mass is 10.2. The van der Waals surface area contributed by atoms with Gasteiger partial charge in [-0.1, -0.05) is 0 Å². The number of hydrogen-bond acceptors (Lipinski definition) is 5. The molecule has 0 saturated heterocycles. The van der Waals surface area contributed by atoms with E-state index in [-0.39, 0.29) is 12.7 Å². The number of hydrogen-bond donors (Lipinski definition) is 1. The highest BCUT2D eigenvalue weighted by Gasteiger charge is 2.12. The predicted octanol–water partition coefficient (Wildman–Crippen LogP) is 1.57. The van der Waals surface area contributed by atoms with Crippen LogP contribution in [0, 0.1) is 0 Å². The van der Waals surface area contributed by atoms with Crippen molar-refractivity contribution in [1.82, 2.24) is 10.4 Å². The molecule has 0 unspecified atom stereocenters. The van der Waals surface area contributed by atoms with E-state index in [2.05, 4.69) is 15.5 Å². The van der Waals surface area contributed by atoms with Gasteiger partial charge in [-0.25, -0.2) is 5.43 Å². The molecule has 1 aromatic carbocycles. The Morgan fingerprint density at radius 3 is 2.85 bits per heavy atom. The highest BCUT2D eigenvalue weighted by atomic mass is 16.7. The Kier molecular flexibility index (Phi) is 3.28. The number of fused-ring (bicyclic) bond motifs is 1. The topological polar surface area (TPSA) is 72.8 Å². The third kappa shape index (κ3) is 2.59. The van der Waals surface area contributed by atoms with Crippen LogP contribution >= 0.6 is 0 Å². The van der Waals surface area contributed by atoms with Crippen LogP contribution in [0.15, 0.2) is 47.8 Å². The summed E-state index contributed by atoms with van der Waals surface area (Å²) in [5.74, 6) is 1.10. The normalized spacial score (nSPS) is 12.6. The van der Waals surface area contributed by atoms with Gasteiger partial charge in [-0.05, 0) is 35.9 Å². The van der Waals surface area contributed by atoms with Crippen molar-refractivity contribution in [2.75, 3.05) is 6.79 Å². The third-order valence-corrected chi connectivity index (χ3v) is 2.72. The van der Waals surface area contributed by atoms with Crippen LogP contribution in [0.5, 0.6) is 11.5 Å². The molecule has 2 heterocycles. The number of ether oxygens (including phenoxy) is 2. The minimum atomic E-state index is -0.288. The van der Waals surface area contributed by atoms with Crippen molar-refractivity contribution in [2.45, 2.75) is 0 Å². The van der Waals surface area contributed by atoms with Crippen LogP contribution in [0.1, 0.15) is 15.9 Å². The molecule has 0 saturated carbocycles. The van der Waals surface area contributed by atoms with Crippen LogP contribution in [-0.2, 0) is 0 Å². The molecule has 1 aliphatic rings. The Balaban J connectivity index is 1.65. The second-order valence-corrected chi connectivity index (χ2v) is 4.05. The quantitative estimate of drug-likeness (QED) is 0.678. The monoisotopic (exact) mass is 269 g/mol. The zero-order chi connectivity index (χ0) is 13.8. The standard InChI is InChI=1S/C14H11N3O3/c18-14(11-3-5-15-6-4-11)17-16-8-10-1-2-12-13(7-10)20-9-19-12/h1-8H,9H2,(H,17,18)/b16-8-. The van der Waals surface area contributed by atoms with Crippen LogP contribution in [0.25, 0.3) is 0 Å². The number of amides is 1. The summed E-state index contributed by atoms with van der Waals surface area (Å²) in [6.45, 7) is 0.231. The summed E-state index contributed by atoms with van der Waals surface area (Å²) >= 11 is 0. The first-order valence-electron chi connectivity index (χ1n) is 5.96. The second-order valence-electron chi connectivity index (χ2n) is 4.05. The largest absolute Gasteiger partial charge is 0.454 e. The number of aromatic nitrogens is 1. The molecule has 6 heteroatoms. The molecule has 1 amide bonds. The average molecular weight is 269 g/mol. The maximum Gasteiger partial charge on any atom is 0.271 e. The van der Waals surface area contributed by atoms with E-state index in [9.17, 15) is 4.79 Å². The van der Waals surface area contributed by atoms with E-state index in [1.165, 1.54) is 0 Å². The lowest BCUT2D eigenvalue weighted by Gasteiger charge is -1.99. The van der Waals surface area contributed by atoms with Crippen molar-refractivity contribution in [1.29, 1.82) is 0 Å². The number of carbonyl (C=O) groups excluding carboxylic acids is 1. The van der Waals surface area contributed by atoms with Crippen LogP contribution in [0.4, 0.5) is 0 Å². The van der Waals surface area contributed by atoms with Crippen LogP contribution in [0.3, 0.4) is 0 Å². The summed E-state index contributed by atoms with van der Waals surface area (Å²) in [5, 5.41) is 3.90. The zero-order valence-corrected chi connectivity index (χ0v) is 10.4. The molecule has 0 atom stereocenters. The van der Waals surface area contributed by atoms with Crippen LogP contribution in [0.2, 0.25) is 0 Å². The van der Waals surface area contributed by atoms with Crippen molar-refractivity contribution >= 4 is 12.1 Å². The molecule has 1 aromatic heterocycles. The maximum atomic E-state index is 11.7. The SMILES string of the molecule is O=C(N/N=C\c1ccc2c(c1)OCO2)c1ccncc1. The van der Waals surface area contributed by atoms with Crippen molar-refractivity contribution < 1.29 is 14.3 Å². The summed E-state index contributed by atoms with van der Waals surface area (Å²) in [6.07, 6.45) is 4.65. The number of carbonyl (C=O) groups is 1. The number of pyridine rings is 1. The van der Waals surface area contributed by atoms with Crippen molar-refractivity contribution in [2.24, 2.45) is 5.10 Å². The fourth-order valence-corrected chi connectivity index (χ4v) is 1.73. The van der Waals surface area contributed by atoms with E-state index in [0.717, 1.165) is 5.56 Å². The smallest absolute Gasteiger partial charge is 0.271 e. The van der Waals surface area contributed by atoms with Gasteiger partial charge in [-0.3, -0.25) is 9.78 Å². The second kappa shape index (κ2) is 5.40. The Bertz CT molecular complexity index is 656. The Hall–Kier alpha value is -2.89. The molecule has 0 spiro atoms. The number of rotatable bonds is 3. The highest BCUT2D eigenvalue weighted by Crippen LogP contribution is 2.31. The zero-order valence-electron chi connectivity index (χ0n) is 10.4. The molecule has 0 bridgehead atoms. The van der Waals surface area contributed by atoms with E-state index in [0.29, 0.717) is 17.1 Å². The van der Waals surface area contributed by atoms with E-state index < -0.39 is 0 Å². The molecule has 0 radical (unpaired) electrons. The molecular formula is C14H11N3O3. The van der Waals surface area contributed by atoms with Crippen molar-refractivity contribution in [3.63, 3.8) is 0 Å². The van der Waals surface area contributed by atoms with Gasteiger partial charge < -0.3 is 9.47 Å². The van der Waals surface area contributed by atoms with Gasteiger partial charge in [0.2, 0.25) is 6.79 Å². The van der Waals surface area contributed by atoms with Crippen molar-refractivity contribution in [3.05, 3.63) is 53.9 Å². The first-order chi connectivity index (χ1) is 9.83. The first-order valence-corrected chi connectivity index (χ1v) is 5.96. The summed E-state index contributed by atoms with van der Waals surface area (Å²) in [5.41, 5.74) is 3.76. The fraction of sp³-hybridized carbons (Fsp3) is 0.0714. The average Bonchev–Trinajstić information content (AvgIpc) is 2.95. The predicted molar refractivity (Wildman–Crippen MR) is 71.9 cm³/mol. The molecule has 0 fully saturated rings. The number of benzene rings is 1. The third-order valence-electron chi connectivity index (χ3n) is 2.72. The van der Waals surface area contributed by atoms with Crippen LogP contribution < -0.4 is 14.9 Å². The van der Waals surface area contributed by atoms with E-state index in [1.807, 2.05) is 6.07 Å². The highest BCUT2D eigenvalue weighted by molar-refractivity contribution is 5.94. The van der Waals surface area contributed by atoms with Crippen LogP contribution in [-0.4, -0.2) is 23.9 Å². The van der Waals surface area contributed by atoms with Gasteiger partial charge in [0.25, 0.3) is 5.91 Å². The molecule has 100 valence electrons. The van der Waals surface area contributed by atoms with Gasteiger partial charge in [0.1, 0.15) is 0 Å². The Morgan fingerprint density at radius 2 is 2.00 bits per heavy atom. The number of nitrogens with one attached hydrogen (secondary N) is 1. The molecule has 1 aliphatic heterocycles. The van der Waals surface area contributed by atoms with Gasteiger partial charge in [0, 0.05) is 18.0 Å². The number of nitrogens with zero attached hydrogens (tertiary/aromatic N) is 2. The van der Waals surface area contributed by atoms with E-state index in [1.54, 1.807) is 42.9 Å². The molecule has 20 heavy (non-hydrogen) atoms. The van der Waals surface area contributed by atoms with Gasteiger partial charge in [-0.2, -0.15) is 5.10 Å². The van der Waals surface area contributed by atoms with E-state index >= 15 is 0 Å². The minimum Gasteiger partial charge on any atom is -0.454 e. The van der Waals surface area contributed by atoms with E-state index in [4.69, 9.17) is 9.47 Å². The lowest BCUT2D eigenvalue weighted by Crippen LogP contribution is -2.17. The van der Waals surface area contributed by atoms with Crippen molar-refractivity contribution in [3.8, 4) is 11.5 Å². The summed E-state index contributed by atoms with van der Waals surface area (Å²) in [7, 11) is 0. The summed E-state index contributed by atoms with van der Waals surface area (Å²) in [4.78, 5) is 15.6. The fourth-order valence-electron chi connectivity index (χ4n) is 1.73. The summed E-state index contributed by atoms with van der Waals surface area (Å²) < 4.78 is 10.5. The van der Waals surface area contributed by atoms with Gasteiger partial charge in [0.05, 0.1) is 6.21 Å². The molecule has 6 nitrogen and oxygen atoms in total. The molecule has 0 aliphatic carbocycles. The molecular weight excluding hydrogens is 258 g/mol. The molecule has 1 N–H and O–H groups in total. The van der Waals surface area contributed by atoms with Gasteiger partial charge >= 0.3 is 0 Å². The maximum absolute atomic E-state index is 11.7. The Labute approximate surface area is 115 Å². The summed E-state index contributed by atoms with van der Waals surface area (Å²) in [6, 6.07) is 8.66. The minimum absolute atomic E-state index is 0.231. The molecule has 2 aromatic rings. The first kappa shape index (κ1) is 12.2.